The number of nitrogens with zero attached hydrogens (tertiary/aromatic N) is 1. The zero-order valence-corrected chi connectivity index (χ0v) is 18.9. The van der Waals surface area contributed by atoms with Gasteiger partial charge in [0.25, 0.3) is 0 Å². The van der Waals surface area contributed by atoms with Crippen molar-refractivity contribution in [3.05, 3.63) is 58.9 Å². The molecular formula is C22H33FN4OS. The van der Waals surface area contributed by atoms with Gasteiger partial charge >= 0.3 is 6.03 Å². The van der Waals surface area contributed by atoms with Gasteiger partial charge in [-0.1, -0.05) is 39.8 Å². The van der Waals surface area contributed by atoms with Crippen molar-refractivity contribution in [1.29, 1.82) is 0 Å². The van der Waals surface area contributed by atoms with Gasteiger partial charge in [-0.2, -0.15) is 0 Å². The zero-order valence-electron chi connectivity index (χ0n) is 18.1. The molecule has 2 aromatic carbocycles. The Morgan fingerprint density at radius 1 is 1.10 bits per heavy atom. The van der Waals surface area contributed by atoms with Crippen LogP contribution in [-0.2, 0) is 6.54 Å². The van der Waals surface area contributed by atoms with E-state index in [1.165, 1.54) is 29.6 Å². The van der Waals surface area contributed by atoms with Crippen molar-refractivity contribution in [2.45, 2.75) is 51.0 Å². The van der Waals surface area contributed by atoms with E-state index in [-0.39, 0.29) is 17.7 Å². The normalized spacial score (nSPS) is 10.9. The zero-order chi connectivity index (χ0) is 22.1. The summed E-state index contributed by atoms with van der Waals surface area (Å²) in [5, 5.41) is 8.06. The van der Waals surface area contributed by atoms with E-state index in [0.717, 1.165) is 22.6 Å². The number of nitrogens with one attached hydrogen (secondary N) is 1. The highest BCUT2D eigenvalue weighted by molar-refractivity contribution is 7.97. The average Bonchev–Trinajstić information content (AvgIpc) is 2.62. The number of hydrogen-bond donors (Lipinski definition) is 3. The van der Waals surface area contributed by atoms with Crippen molar-refractivity contribution in [3.8, 4) is 0 Å². The predicted octanol–water partition coefficient (Wildman–Crippen LogP) is 5.28. The van der Waals surface area contributed by atoms with Gasteiger partial charge in [-0.05, 0) is 78.8 Å². The Hall–Kier alpha value is -2.09. The van der Waals surface area contributed by atoms with E-state index in [9.17, 15) is 9.18 Å². The molecule has 160 valence electrons. The van der Waals surface area contributed by atoms with E-state index in [0.29, 0.717) is 5.69 Å². The van der Waals surface area contributed by atoms with Gasteiger partial charge in [0.15, 0.2) is 0 Å². The highest BCUT2D eigenvalue weighted by Gasteiger charge is 2.17. The molecule has 0 spiro atoms. The van der Waals surface area contributed by atoms with Crippen molar-refractivity contribution in [2.24, 2.45) is 10.9 Å². The summed E-state index contributed by atoms with van der Waals surface area (Å²) in [6, 6.07) is 10.5. The van der Waals surface area contributed by atoms with Crippen LogP contribution < -0.4 is 16.2 Å². The fourth-order valence-electron chi connectivity index (χ4n) is 2.91. The third-order valence-corrected chi connectivity index (χ3v) is 4.72. The standard InChI is InChI=1S/C13H19FN2O.C9H14N2S/c1-7(2)10-5-9(14)6-11(8(3)4)12(10)16-13(15)17;1-11(2)7-8-4-3-5-9(6-8)12-10/h5-8H,1-4H3,(H3,15,16,17);3-6H,7,10H2,1-2H3. The molecule has 0 aromatic heterocycles. The molecule has 0 radical (unpaired) electrons. The number of carbonyl (C=O) groups excluding carboxylic acids is 1. The quantitative estimate of drug-likeness (QED) is 0.555. The monoisotopic (exact) mass is 420 g/mol. The number of primary amides is 1. The number of halogens is 1. The number of benzene rings is 2. The Labute approximate surface area is 178 Å². The van der Waals surface area contributed by atoms with Crippen LogP contribution in [0.5, 0.6) is 0 Å². The van der Waals surface area contributed by atoms with Gasteiger partial charge < -0.3 is 16.0 Å². The molecule has 0 saturated heterocycles. The van der Waals surface area contributed by atoms with Gasteiger partial charge in [0, 0.05) is 17.1 Å². The summed E-state index contributed by atoms with van der Waals surface area (Å²) in [6.45, 7) is 8.76. The molecule has 7 heteroatoms. The lowest BCUT2D eigenvalue weighted by molar-refractivity contribution is 0.259. The molecule has 0 aliphatic rings. The summed E-state index contributed by atoms with van der Waals surface area (Å²) in [5.74, 6) is -0.0532. The average molecular weight is 421 g/mol. The second-order valence-corrected chi connectivity index (χ2v) is 8.47. The Kier molecular flexibility index (Phi) is 10.2. The number of nitrogens with two attached hydrogens (primary N) is 2. The van der Waals surface area contributed by atoms with Gasteiger partial charge in [-0.15, -0.1) is 0 Å². The molecule has 0 bridgehead atoms. The number of rotatable bonds is 6. The van der Waals surface area contributed by atoms with Gasteiger partial charge in [0.05, 0.1) is 0 Å². The Bertz CT molecular complexity index is 780. The number of carbonyl (C=O) groups is 1. The minimum Gasteiger partial charge on any atom is -0.351 e. The third kappa shape index (κ3) is 8.43. The van der Waals surface area contributed by atoms with Crippen LogP contribution in [0, 0.1) is 5.82 Å². The molecule has 2 aromatic rings. The van der Waals surface area contributed by atoms with Crippen LogP contribution in [0.3, 0.4) is 0 Å². The molecule has 0 heterocycles. The van der Waals surface area contributed by atoms with E-state index in [1.807, 2.05) is 39.8 Å². The first kappa shape index (κ1) is 24.9. The third-order valence-electron chi connectivity index (χ3n) is 4.19. The summed E-state index contributed by atoms with van der Waals surface area (Å²) < 4.78 is 13.5. The number of hydrogen-bond acceptors (Lipinski definition) is 4. The summed E-state index contributed by atoms with van der Waals surface area (Å²) >= 11 is 1.29. The number of amides is 2. The first-order chi connectivity index (χ1) is 13.5. The van der Waals surface area contributed by atoms with Crippen molar-refractivity contribution < 1.29 is 9.18 Å². The molecule has 2 rings (SSSR count). The fourth-order valence-corrected chi connectivity index (χ4v) is 3.29. The maximum absolute atomic E-state index is 13.5. The highest BCUT2D eigenvalue weighted by atomic mass is 32.2. The van der Waals surface area contributed by atoms with Gasteiger partial charge in [-0.3, -0.25) is 5.14 Å². The van der Waals surface area contributed by atoms with Crippen LogP contribution in [0.25, 0.3) is 0 Å². The predicted molar refractivity (Wildman–Crippen MR) is 122 cm³/mol. The summed E-state index contributed by atoms with van der Waals surface area (Å²) in [7, 11) is 4.12. The second-order valence-electron chi connectivity index (χ2n) is 7.76. The van der Waals surface area contributed by atoms with Crippen LogP contribution in [0.1, 0.15) is 56.2 Å². The molecule has 5 nitrogen and oxygen atoms in total. The summed E-state index contributed by atoms with van der Waals surface area (Å²) in [6.07, 6.45) is 0. The second kappa shape index (κ2) is 11.8. The minimum absolute atomic E-state index is 0.116. The smallest absolute Gasteiger partial charge is 0.316 e. The molecule has 0 unspecified atom stereocenters. The lowest BCUT2D eigenvalue weighted by Gasteiger charge is -2.19. The maximum atomic E-state index is 13.5. The van der Waals surface area contributed by atoms with Crippen molar-refractivity contribution >= 4 is 23.7 Å². The summed E-state index contributed by atoms with van der Waals surface area (Å²) in [5.41, 5.74) is 8.64. The van der Waals surface area contributed by atoms with Gasteiger partial charge in [0.2, 0.25) is 0 Å². The summed E-state index contributed by atoms with van der Waals surface area (Å²) in [4.78, 5) is 14.3. The first-order valence-corrected chi connectivity index (χ1v) is 10.4. The maximum Gasteiger partial charge on any atom is 0.316 e. The Morgan fingerprint density at radius 3 is 2.07 bits per heavy atom. The lowest BCUT2D eigenvalue weighted by Crippen LogP contribution is -2.22. The molecule has 29 heavy (non-hydrogen) atoms. The molecule has 2 amide bonds. The van der Waals surface area contributed by atoms with E-state index in [2.05, 4.69) is 36.4 Å². The lowest BCUT2D eigenvalue weighted by atomic mass is 9.92. The van der Waals surface area contributed by atoms with Crippen molar-refractivity contribution in [3.63, 3.8) is 0 Å². The first-order valence-electron chi connectivity index (χ1n) is 9.55. The Morgan fingerprint density at radius 2 is 1.66 bits per heavy atom. The van der Waals surface area contributed by atoms with E-state index < -0.39 is 6.03 Å². The fraction of sp³-hybridized carbons (Fsp3) is 0.409. The van der Waals surface area contributed by atoms with E-state index >= 15 is 0 Å². The molecule has 0 atom stereocenters. The molecule has 0 fully saturated rings. The van der Waals surface area contributed by atoms with E-state index in [4.69, 9.17) is 10.9 Å². The molecule has 0 aliphatic heterocycles. The molecule has 0 aliphatic carbocycles. The topological polar surface area (TPSA) is 84.4 Å². The number of urea groups is 1. The van der Waals surface area contributed by atoms with Crippen molar-refractivity contribution in [2.75, 3.05) is 19.4 Å². The molecule has 5 N–H and O–H groups in total. The van der Waals surface area contributed by atoms with Gasteiger partial charge in [0.1, 0.15) is 5.82 Å². The van der Waals surface area contributed by atoms with Crippen LogP contribution in [-0.4, -0.2) is 25.0 Å². The highest BCUT2D eigenvalue weighted by Crippen LogP contribution is 2.33. The molecular weight excluding hydrogens is 387 g/mol. The van der Waals surface area contributed by atoms with Crippen LogP contribution >= 0.6 is 11.9 Å². The largest absolute Gasteiger partial charge is 0.351 e. The van der Waals surface area contributed by atoms with E-state index in [1.54, 1.807) is 0 Å². The van der Waals surface area contributed by atoms with Crippen LogP contribution in [0.15, 0.2) is 41.3 Å². The van der Waals surface area contributed by atoms with Crippen LogP contribution in [0.2, 0.25) is 0 Å². The van der Waals surface area contributed by atoms with Crippen molar-refractivity contribution in [1.82, 2.24) is 4.90 Å². The van der Waals surface area contributed by atoms with Gasteiger partial charge in [-0.25, -0.2) is 9.18 Å². The Balaban J connectivity index is 0.000000308. The van der Waals surface area contributed by atoms with Crippen LogP contribution in [0.4, 0.5) is 14.9 Å². The molecule has 0 saturated carbocycles. The minimum atomic E-state index is -0.625. The number of anilines is 1. The SMILES string of the molecule is CC(C)c1cc(F)cc(C(C)C)c1NC(N)=O.CN(C)Cc1cccc(SN)c1.